The molecule has 1 aliphatic heterocycles. The Balaban J connectivity index is 1.63. The lowest BCUT2D eigenvalue weighted by Crippen LogP contribution is -2.10. The molecule has 1 N–H and O–H groups in total. The number of aromatic amines is 1. The molecule has 2 aromatic heterocycles. The summed E-state index contributed by atoms with van der Waals surface area (Å²) in [7, 11) is 0. The van der Waals surface area contributed by atoms with Gasteiger partial charge in [-0.25, -0.2) is 4.98 Å². The van der Waals surface area contributed by atoms with E-state index in [0.717, 1.165) is 22.2 Å². The molecule has 0 saturated carbocycles. The van der Waals surface area contributed by atoms with Crippen LogP contribution >= 0.6 is 0 Å². The molecule has 0 aliphatic carbocycles. The lowest BCUT2D eigenvalue weighted by atomic mass is 10.1. The smallest absolute Gasteiger partial charge is 0.186 e. The van der Waals surface area contributed by atoms with Crippen molar-refractivity contribution in [2.24, 2.45) is 15.4 Å². The van der Waals surface area contributed by atoms with E-state index >= 15 is 0 Å². The van der Waals surface area contributed by atoms with Gasteiger partial charge < -0.3 is 4.98 Å². The zero-order valence-electron chi connectivity index (χ0n) is 12.2. The third-order valence-corrected chi connectivity index (χ3v) is 3.75. The zero-order valence-corrected chi connectivity index (χ0v) is 12.2. The van der Waals surface area contributed by atoms with Crippen molar-refractivity contribution < 1.29 is 4.79 Å². The molecule has 3 aromatic rings. The van der Waals surface area contributed by atoms with Crippen molar-refractivity contribution >= 4 is 22.4 Å². The fourth-order valence-electron chi connectivity index (χ4n) is 2.57. The minimum Gasteiger partial charge on any atom is -0.361 e. The van der Waals surface area contributed by atoms with Gasteiger partial charge in [-0.2, -0.15) is 5.11 Å². The summed E-state index contributed by atoms with van der Waals surface area (Å²) in [6.45, 7) is 0.398. The van der Waals surface area contributed by atoms with E-state index < -0.39 is 0 Å². The van der Waals surface area contributed by atoms with Gasteiger partial charge in [0.2, 0.25) is 0 Å². The highest BCUT2D eigenvalue weighted by atomic mass is 16.1. The van der Waals surface area contributed by atoms with Gasteiger partial charge in [0.25, 0.3) is 0 Å². The van der Waals surface area contributed by atoms with Crippen LogP contribution in [0.2, 0.25) is 0 Å². The molecule has 0 saturated heterocycles. The van der Waals surface area contributed by atoms with Crippen LogP contribution in [0.5, 0.6) is 0 Å². The molecular weight excluding hydrogens is 290 g/mol. The first-order chi connectivity index (χ1) is 11.3. The molecule has 0 radical (unpaired) electrons. The van der Waals surface area contributed by atoms with Crippen LogP contribution in [0, 0.1) is 0 Å². The fourth-order valence-corrected chi connectivity index (χ4v) is 2.57. The molecule has 4 rings (SSSR count). The molecule has 0 fully saturated rings. The van der Waals surface area contributed by atoms with Gasteiger partial charge in [0.1, 0.15) is 12.2 Å². The van der Waals surface area contributed by atoms with Crippen molar-refractivity contribution in [3.8, 4) is 11.3 Å². The molecule has 1 aromatic carbocycles. The molecule has 3 heterocycles. The maximum atomic E-state index is 12.3. The molecule has 1 aliphatic rings. The number of benzene rings is 1. The largest absolute Gasteiger partial charge is 0.361 e. The van der Waals surface area contributed by atoms with Crippen LogP contribution in [0.25, 0.3) is 22.2 Å². The van der Waals surface area contributed by atoms with Crippen LogP contribution in [0.3, 0.4) is 0 Å². The molecule has 6 heteroatoms. The van der Waals surface area contributed by atoms with Gasteiger partial charge in [-0.1, -0.05) is 12.1 Å². The molecule has 23 heavy (non-hydrogen) atoms. The van der Waals surface area contributed by atoms with Gasteiger partial charge in [0.15, 0.2) is 5.78 Å². The first kappa shape index (κ1) is 13.5. The van der Waals surface area contributed by atoms with E-state index in [1.165, 1.54) is 0 Å². The van der Waals surface area contributed by atoms with Crippen LogP contribution < -0.4 is 0 Å². The number of fused-ring (bicyclic) bond motifs is 1. The first-order valence-electron chi connectivity index (χ1n) is 7.29. The summed E-state index contributed by atoms with van der Waals surface area (Å²) in [6, 6.07) is 13.6. The van der Waals surface area contributed by atoms with Crippen molar-refractivity contribution in [1.29, 1.82) is 0 Å². The summed E-state index contributed by atoms with van der Waals surface area (Å²) in [4.78, 5) is 20.0. The topological polar surface area (TPSA) is 82.8 Å². The van der Waals surface area contributed by atoms with E-state index in [9.17, 15) is 4.79 Å². The van der Waals surface area contributed by atoms with Crippen LogP contribution in [-0.4, -0.2) is 28.0 Å². The highest BCUT2D eigenvalue weighted by Gasteiger charge is 2.14. The maximum Gasteiger partial charge on any atom is 0.186 e. The van der Waals surface area contributed by atoms with Crippen molar-refractivity contribution in [3.63, 3.8) is 0 Å². The van der Waals surface area contributed by atoms with Gasteiger partial charge in [0.05, 0.1) is 17.8 Å². The SMILES string of the molecule is O=C(CC1=NN=NC1)c1cccc(-c2ccc3[nH]ccc3c2)n1. The van der Waals surface area contributed by atoms with E-state index in [1.807, 2.05) is 36.5 Å². The molecule has 112 valence electrons. The van der Waals surface area contributed by atoms with Crippen LogP contribution in [0.4, 0.5) is 0 Å². The molecule has 0 spiro atoms. The second-order valence-corrected chi connectivity index (χ2v) is 5.34. The number of carbonyl (C=O) groups excluding carboxylic acids is 1. The predicted octanol–water partition coefficient (Wildman–Crippen LogP) is 3.62. The van der Waals surface area contributed by atoms with Crippen molar-refractivity contribution in [2.45, 2.75) is 6.42 Å². The van der Waals surface area contributed by atoms with Crippen molar-refractivity contribution in [2.75, 3.05) is 6.54 Å². The van der Waals surface area contributed by atoms with E-state index in [1.54, 1.807) is 6.07 Å². The Hall–Kier alpha value is -3.15. The molecule has 0 unspecified atom stereocenters. The van der Waals surface area contributed by atoms with Crippen molar-refractivity contribution in [3.05, 3.63) is 54.4 Å². The molecule has 0 atom stereocenters. The Bertz CT molecular complexity index is 954. The van der Waals surface area contributed by atoms with E-state index in [2.05, 4.69) is 31.5 Å². The Kier molecular flexibility index (Phi) is 3.27. The number of nitrogens with one attached hydrogen (secondary N) is 1. The minimum absolute atomic E-state index is 0.0689. The zero-order chi connectivity index (χ0) is 15.6. The van der Waals surface area contributed by atoms with Gasteiger partial charge in [-0.05, 0) is 35.6 Å². The van der Waals surface area contributed by atoms with Gasteiger partial charge in [-0.15, -0.1) is 5.10 Å². The summed E-state index contributed by atoms with van der Waals surface area (Å²) in [6.07, 6.45) is 2.11. The number of carbonyl (C=O) groups is 1. The number of ketones is 1. The monoisotopic (exact) mass is 303 g/mol. The van der Waals surface area contributed by atoms with E-state index in [4.69, 9.17) is 0 Å². The fraction of sp³-hybridized carbons (Fsp3) is 0.118. The highest BCUT2D eigenvalue weighted by Crippen LogP contribution is 2.23. The molecular formula is C17H13N5O. The number of nitrogens with zero attached hydrogens (tertiary/aromatic N) is 4. The van der Waals surface area contributed by atoms with Crippen molar-refractivity contribution in [1.82, 2.24) is 9.97 Å². The maximum absolute atomic E-state index is 12.3. The van der Waals surface area contributed by atoms with Crippen LogP contribution in [0.1, 0.15) is 16.9 Å². The third-order valence-electron chi connectivity index (χ3n) is 3.75. The Morgan fingerprint density at radius 3 is 3.00 bits per heavy atom. The van der Waals surface area contributed by atoms with Gasteiger partial charge >= 0.3 is 0 Å². The normalized spacial score (nSPS) is 13.5. The molecule has 0 bridgehead atoms. The van der Waals surface area contributed by atoms with Gasteiger partial charge in [-0.3, -0.25) is 4.79 Å². The first-order valence-corrected chi connectivity index (χ1v) is 7.29. The Morgan fingerprint density at radius 1 is 1.17 bits per heavy atom. The summed E-state index contributed by atoms with van der Waals surface area (Å²) < 4.78 is 0. The third kappa shape index (κ3) is 2.66. The number of aromatic nitrogens is 2. The van der Waals surface area contributed by atoms with E-state index in [0.29, 0.717) is 18.0 Å². The van der Waals surface area contributed by atoms with Gasteiger partial charge in [0, 0.05) is 22.7 Å². The molecule has 6 nitrogen and oxygen atoms in total. The summed E-state index contributed by atoms with van der Waals surface area (Å²) in [5, 5.41) is 12.2. The minimum atomic E-state index is -0.0689. The van der Waals surface area contributed by atoms with Crippen LogP contribution in [-0.2, 0) is 0 Å². The number of rotatable bonds is 4. The van der Waals surface area contributed by atoms with E-state index in [-0.39, 0.29) is 12.2 Å². The average molecular weight is 303 g/mol. The lowest BCUT2D eigenvalue weighted by molar-refractivity contribution is 0.0996. The Labute approximate surface area is 132 Å². The summed E-state index contributed by atoms with van der Waals surface area (Å²) in [5.74, 6) is -0.0689. The molecule has 0 amide bonds. The average Bonchev–Trinajstić information content (AvgIpc) is 3.25. The second-order valence-electron chi connectivity index (χ2n) is 5.34. The number of pyridine rings is 1. The Morgan fingerprint density at radius 2 is 2.13 bits per heavy atom. The number of hydrogen-bond donors (Lipinski definition) is 1. The standard InChI is InChI=1S/C17H13N5O/c23-17(9-13-10-19-22-21-13)16-3-1-2-15(20-16)11-4-5-14-12(8-11)6-7-18-14/h1-8,18H,9-10H2. The van der Waals surface area contributed by atoms with Crippen LogP contribution in [0.15, 0.2) is 64.1 Å². The predicted molar refractivity (Wildman–Crippen MR) is 87.6 cm³/mol. The quantitative estimate of drug-likeness (QED) is 0.746. The number of H-pyrrole nitrogens is 1. The lowest BCUT2D eigenvalue weighted by Gasteiger charge is -2.04. The summed E-state index contributed by atoms with van der Waals surface area (Å²) >= 11 is 0. The highest BCUT2D eigenvalue weighted by molar-refractivity contribution is 6.09. The summed E-state index contributed by atoms with van der Waals surface area (Å²) in [5.41, 5.74) is 3.95. The number of hydrogen-bond acceptors (Lipinski definition) is 5. The second kappa shape index (κ2) is 5.57. The number of Topliss-reactive ketones (excluding diaryl/α,β-unsaturated/α-hetero) is 1.